The Morgan fingerprint density at radius 2 is 2.33 bits per heavy atom. The van der Waals surface area contributed by atoms with Gasteiger partial charge in [-0.1, -0.05) is 13.0 Å². The van der Waals surface area contributed by atoms with Gasteiger partial charge in [-0.25, -0.2) is 0 Å². The van der Waals surface area contributed by atoms with E-state index in [1.165, 1.54) is 11.3 Å². The Hall–Kier alpha value is -1.20. The van der Waals surface area contributed by atoms with Crippen molar-refractivity contribution >= 4 is 23.1 Å². The molecule has 1 rings (SSSR count). The zero-order valence-corrected chi connectivity index (χ0v) is 9.21. The summed E-state index contributed by atoms with van der Waals surface area (Å²) in [7, 11) is 0. The second-order valence-electron chi connectivity index (χ2n) is 3.05. The lowest BCUT2D eigenvalue weighted by molar-refractivity contribution is -0.137. The molecule has 0 bridgehead atoms. The Morgan fingerprint density at radius 3 is 2.80 bits per heavy atom. The fourth-order valence-corrected chi connectivity index (χ4v) is 1.99. The average Bonchev–Trinajstić information content (AvgIpc) is 2.68. The molecule has 15 heavy (non-hydrogen) atoms. The van der Waals surface area contributed by atoms with E-state index in [0.717, 1.165) is 0 Å². The molecule has 1 aromatic rings. The largest absolute Gasteiger partial charge is 0.481 e. The lowest BCUT2D eigenvalue weighted by Gasteiger charge is -2.12. The summed E-state index contributed by atoms with van der Waals surface area (Å²) in [6.45, 7) is 2.42. The molecule has 0 aliphatic rings. The van der Waals surface area contributed by atoms with Crippen molar-refractivity contribution in [2.24, 2.45) is 0 Å². The number of thiophene rings is 1. The van der Waals surface area contributed by atoms with Crippen LogP contribution in [0.3, 0.4) is 0 Å². The number of nitrogens with one attached hydrogen (secondary N) is 1. The Balaban J connectivity index is 2.71. The monoisotopic (exact) mass is 227 g/mol. The lowest BCUT2D eigenvalue weighted by Crippen LogP contribution is -2.38. The standard InChI is InChI=1S/C10H13NO3S/c1-2-11-7(6-9(12)13)10(14)8-4-3-5-15-8/h3-5,7,11H,2,6H2,1H3,(H,12,13). The fourth-order valence-electron chi connectivity index (χ4n) is 1.27. The van der Waals surface area contributed by atoms with Crippen LogP contribution in [0.25, 0.3) is 0 Å². The first kappa shape index (κ1) is 11.9. The van der Waals surface area contributed by atoms with Crippen LogP contribution >= 0.6 is 11.3 Å². The summed E-state index contributed by atoms with van der Waals surface area (Å²) < 4.78 is 0. The minimum Gasteiger partial charge on any atom is -0.481 e. The Bertz CT molecular complexity index is 334. The number of likely N-dealkylation sites (N-methyl/N-ethyl adjacent to an activating group) is 1. The van der Waals surface area contributed by atoms with E-state index in [4.69, 9.17) is 5.11 Å². The van der Waals surface area contributed by atoms with Gasteiger partial charge in [0.25, 0.3) is 0 Å². The van der Waals surface area contributed by atoms with Crippen LogP contribution in [0.2, 0.25) is 0 Å². The zero-order chi connectivity index (χ0) is 11.3. The first-order chi connectivity index (χ1) is 7.15. The van der Waals surface area contributed by atoms with E-state index < -0.39 is 12.0 Å². The second kappa shape index (κ2) is 5.63. The van der Waals surface area contributed by atoms with Gasteiger partial charge in [0.2, 0.25) is 0 Å². The van der Waals surface area contributed by atoms with Crippen LogP contribution in [0.15, 0.2) is 17.5 Å². The van der Waals surface area contributed by atoms with E-state index in [0.29, 0.717) is 11.4 Å². The fraction of sp³-hybridized carbons (Fsp3) is 0.400. The van der Waals surface area contributed by atoms with Crippen molar-refractivity contribution in [3.63, 3.8) is 0 Å². The molecular weight excluding hydrogens is 214 g/mol. The molecule has 1 aromatic heterocycles. The van der Waals surface area contributed by atoms with Crippen molar-refractivity contribution in [1.29, 1.82) is 0 Å². The first-order valence-electron chi connectivity index (χ1n) is 4.68. The minimum absolute atomic E-state index is 0.144. The molecule has 0 spiro atoms. The number of hydrogen-bond donors (Lipinski definition) is 2. The number of carbonyl (C=O) groups excluding carboxylic acids is 1. The Kier molecular flexibility index (Phi) is 4.45. The third kappa shape index (κ3) is 3.45. The summed E-state index contributed by atoms with van der Waals surface area (Å²) in [5.74, 6) is -1.11. The molecule has 0 saturated heterocycles. The van der Waals surface area contributed by atoms with Crippen LogP contribution in [-0.2, 0) is 4.79 Å². The summed E-state index contributed by atoms with van der Waals surface area (Å²) in [6.07, 6.45) is -0.176. The van der Waals surface area contributed by atoms with Crippen molar-refractivity contribution < 1.29 is 14.7 Å². The van der Waals surface area contributed by atoms with Gasteiger partial charge in [-0.05, 0) is 18.0 Å². The smallest absolute Gasteiger partial charge is 0.305 e. The van der Waals surface area contributed by atoms with E-state index in [1.807, 2.05) is 6.92 Å². The van der Waals surface area contributed by atoms with Gasteiger partial charge in [0, 0.05) is 0 Å². The molecule has 0 aliphatic heterocycles. The second-order valence-corrected chi connectivity index (χ2v) is 4.00. The number of ketones is 1. The van der Waals surface area contributed by atoms with Gasteiger partial charge < -0.3 is 10.4 Å². The summed E-state index contributed by atoms with van der Waals surface area (Å²) in [6, 6.07) is 2.87. The molecule has 4 nitrogen and oxygen atoms in total. The molecule has 1 heterocycles. The van der Waals surface area contributed by atoms with Crippen molar-refractivity contribution in [3.05, 3.63) is 22.4 Å². The normalized spacial score (nSPS) is 12.3. The van der Waals surface area contributed by atoms with Crippen molar-refractivity contribution in [2.75, 3.05) is 6.54 Å². The number of Topliss-reactive ketones (excluding diaryl/α,β-unsaturated/α-hetero) is 1. The van der Waals surface area contributed by atoms with Crippen LogP contribution < -0.4 is 5.32 Å². The van der Waals surface area contributed by atoms with Crippen LogP contribution in [0, 0.1) is 0 Å². The number of carbonyl (C=O) groups is 2. The molecule has 0 fully saturated rings. The Morgan fingerprint density at radius 1 is 1.60 bits per heavy atom. The molecule has 0 saturated carbocycles. The van der Waals surface area contributed by atoms with E-state index in [-0.39, 0.29) is 12.2 Å². The van der Waals surface area contributed by atoms with Crippen LogP contribution in [0.1, 0.15) is 23.0 Å². The highest BCUT2D eigenvalue weighted by Gasteiger charge is 2.22. The molecule has 5 heteroatoms. The first-order valence-corrected chi connectivity index (χ1v) is 5.56. The van der Waals surface area contributed by atoms with Gasteiger partial charge in [0.15, 0.2) is 5.78 Å². The van der Waals surface area contributed by atoms with Crippen molar-refractivity contribution in [3.8, 4) is 0 Å². The number of carboxylic acids is 1. The van der Waals surface area contributed by atoms with Crippen LogP contribution in [0.4, 0.5) is 0 Å². The van der Waals surface area contributed by atoms with Gasteiger partial charge in [0.05, 0.1) is 17.3 Å². The van der Waals surface area contributed by atoms with Crippen molar-refractivity contribution in [2.45, 2.75) is 19.4 Å². The molecule has 0 aromatic carbocycles. The molecule has 0 radical (unpaired) electrons. The van der Waals surface area contributed by atoms with Gasteiger partial charge in [-0.15, -0.1) is 11.3 Å². The van der Waals surface area contributed by atoms with Gasteiger partial charge in [-0.3, -0.25) is 9.59 Å². The number of hydrogen-bond acceptors (Lipinski definition) is 4. The molecule has 0 amide bonds. The van der Waals surface area contributed by atoms with Crippen LogP contribution in [-0.4, -0.2) is 29.4 Å². The maximum absolute atomic E-state index is 11.8. The summed E-state index contributed by atoms with van der Waals surface area (Å²) >= 11 is 1.33. The highest BCUT2D eigenvalue weighted by atomic mass is 32.1. The van der Waals surface area contributed by atoms with E-state index in [1.54, 1.807) is 17.5 Å². The van der Waals surface area contributed by atoms with Gasteiger partial charge >= 0.3 is 5.97 Å². The third-order valence-electron chi connectivity index (χ3n) is 1.91. The van der Waals surface area contributed by atoms with Gasteiger partial charge in [-0.2, -0.15) is 0 Å². The summed E-state index contributed by atoms with van der Waals surface area (Å²) in [5.41, 5.74) is 0. The molecule has 2 N–H and O–H groups in total. The molecular formula is C10H13NO3S. The zero-order valence-electron chi connectivity index (χ0n) is 8.40. The highest BCUT2D eigenvalue weighted by Crippen LogP contribution is 2.12. The Labute approximate surface area is 91.9 Å². The van der Waals surface area contributed by atoms with Gasteiger partial charge in [0.1, 0.15) is 0 Å². The molecule has 1 unspecified atom stereocenters. The maximum atomic E-state index is 11.8. The summed E-state index contributed by atoms with van der Waals surface area (Å²) in [5, 5.41) is 13.3. The highest BCUT2D eigenvalue weighted by molar-refractivity contribution is 7.12. The topological polar surface area (TPSA) is 66.4 Å². The quantitative estimate of drug-likeness (QED) is 0.721. The molecule has 0 aliphatic carbocycles. The lowest BCUT2D eigenvalue weighted by atomic mass is 10.1. The maximum Gasteiger partial charge on any atom is 0.305 e. The molecule has 1 atom stereocenters. The summed E-state index contributed by atoms with van der Waals surface area (Å²) in [4.78, 5) is 23.0. The number of aliphatic carboxylic acids is 1. The predicted octanol–water partition coefficient (Wildman–Crippen LogP) is 1.38. The number of carboxylic acid groups (broad SMARTS) is 1. The van der Waals surface area contributed by atoms with Crippen molar-refractivity contribution in [1.82, 2.24) is 5.32 Å². The molecule has 82 valence electrons. The van der Waals surface area contributed by atoms with E-state index >= 15 is 0 Å². The minimum atomic E-state index is -0.967. The van der Waals surface area contributed by atoms with E-state index in [2.05, 4.69) is 5.32 Å². The number of rotatable bonds is 6. The van der Waals surface area contributed by atoms with Crippen LogP contribution in [0.5, 0.6) is 0 Å². The predicted molar refractivity (Wildman–Crippen MR) is 58.4 cm³/mol. The average molecular weight is 227 g/mol. The van der Waals surface area contributed by atoms with E-state index in [9.17, 15) is 9.59 Å². The SMILES string of the molecule is CCNC(CC(=O)O)C(=O)c1cccs1. The third-order valence-corrected chi connectivity index (χ3v) is 2.79.